The Kier molecular flexibility index (Phi) is 4.31. The van der Waals surface area contributed by atoms with Gasteiger partial charge in [-0.15, -0.1) is 5.10 Å². The molecule has 0 aromatic carbocycles. The Bertz CT molecular complexity index is 344. The summed E-state index contributed by atoms with van der Waals surface area (Å²) in [6, 6.07) is 0. The van der Waals surface area contributed by atoms with Crippen LogP contribution in [0.5, 0.6) is 0 Å². The molecule has 5 heteroatoms. The quantitative estimate of drug-likeness (QED) is 0.847. The molecule has 96 valence electrons. The standard InChI is InChI=1S/C12H22N4S/c1-3-8-16-11(9-14-15-16)13-10-12(17-2)6-4-5-7-12/h9,13H,3-8,10H2,1-2H3. The number of hydrogen-bond donors (Lipinski definition) is 1. The van der Waals surface area contributed by atoms with E-state index < -0.39 is 0 Å². The smallest absolute Gasteiger partial charge is 0.144 e. The molecule has 0 aliphatic heterocycles. The van der Waals surface area contributed by atoms with E-state index in [-0.39, 0.29) is 0 Å². The average Bonchev–Trinajstić information content (AvgIpc) is 2.97. The van der Waals surface area contributed by atoms with Crippen molar-refractivity contribution in [2.24, 2.45) is 0 Å². The first kappa shape index (κ1) is 12.7. The maximum Gasteiger partial charge on any atom is 0.144 e. The Morgan fingerprint density at radius 2 is 2.24 bits per heavy atom. The third-order valence-corrected chi connectivity index (χ3v) is 5.01. The van der Waals surface area contributed by atoms with Crippen LogP contribution in [-0.2, 0) is 6.54 Å². The average molecular weight is 254 g/mol. The Hall–Kier alpha value is -0.710. The highest BCUT2D eigenvalue weighted by Gasteiger charge is 2.32. The van der Waals surface area contributed by atoms with Crippen molar-refractivity contribution < 1.29 is 0 Å². The molecule has 1 heterocycles. The largest absolute Gasteiger partial charge is 0.368 e. The van der Waals surface area contributed by atoms with Gasteiger partial charge < -0.3 is 5.32 Å². The molecular weight excluding hydrogens is 232 g/mol. The molecule has 0 radical (unpaired) electrons. The van der Waals surface area contributed by atoms with Crippen LogP contribution in [0.3, 0.4) is 0 Å². The van der Waals surface area contributed by atoms with E-state index >= 15 is 0 Å². The Morgan fingerprint density at radius 1 is 1.47 bits per heavy atom. The van der Waals surface area contributed by atoms with Gasteiger partial charge in [0.2, 0.25) is 0 Å². The molecular formula is C12H22N4S. The van der Waals surface area contributed by atoms with Crippen LogP contribution in [0.1, 0.15) is 39.0 Å². The molecule has 1 saturated carbocycles. The van der Waals surface area contributed by atoms with Crippen LogP contribution in [0.15, 0.2) is 6.20 Å². The summed E-state index contributed by atoms with van der Waals surface area (Å²) >= 11 is 2.01. The van der Waals surface area contributed by atoms with Crippen molar-refractivity contribution >= 4 is 17.6 Å². The molecule has 1 fully saturated rings. The highest BCUT2D eigenvalue weighted by atomic mass is 32.2. The fourth-order valence-corrected chi connectivity index (χ4v) is 3.41. The van der Waals surface area contributed by atoms with Crippen molar-refractivity contribution in [1.29, 1.82) is 0 Å². The molecule has 1 N–H and O–H groups in total. The lowest BCUT2D eigenvalue weighted by Crippen LogP contribution is -2.30. The van der Waals surface area contributed by atoms with Crippen LogP contribution in [-0.4, -0.2) is 32.5 Å². The first-order valence-electron chi connectivity index (χ1n) is 6.47. The van der Waals surface area contributed by atoms with Crippen molar-refractivity contribution in [1.82, 2.24) is 15.0 Å². The summed E-state index contributed by atoms with van der Waals surface area (Å²) in [6.45, 7) is 4.13. The number of aromatic nitrogens is 3. The SMILES string of the molecule is CCCn1nncc1NCC1(SC)CCCC1. The zero-order valence-corrected chi connectivity index (χ0v) is 11.6. The predicted molar refractivity (Wildman–Crippen MR) is 73.5 cm³/mol. The predicted octanol–water partition coefficient (Wildman–Crippen LogP) is 2.78. The van der Waals surface area contributed by atoms with E-state index in [4.69, 9.17) is 0 Å². The van der Waals surface area contributed by atoms with Crippen LogP contribution in [0.4, 0.5) is 5.82 Å². The number of nitrogens with one attached hydrogen (secondary N) is 1. The van der Waals surface area contributed by atoms with E-state index in [1.807, 2.05) is 22.6 Å². The molecule has 0 atom stereocenters. The Labute approximate surface area is 108 Å². The maximum atomic E-state index is 4.10. The van der Waals surface area contributed by atoms with E-state index in [9.17, 15) is 0 Å². The van der Waals surface area contributed by atoms with Crippen molar-refractivity contribution in [3.8, 4) is 0 Å². The third kappa shape index (κ3) is 2.94. The molecule has 1 aliphatic carbocycles. The number of rotatable bonds is 6. The van der Waals surface area contributed by atoms with E-state index in [1.165, 1.54) is 25.7 Å². The first-order valence-corrected chi connectivity index (χ1v) is 7.70. The van der Waals surface area contributed by atoms with E-state index in [0.29, 0.717) is 4.75 Å². The van der Waals surface area contributed by atoms with E-state index in [0.717, 1.165) is 25.3 Å². The van der Waals surface area contributed by atoms with Gasteiger partial charge in [-0.1, -0.05) is 25.0 Å². The number of aryl methyl sites for hydroxylation is 1. The van der Waals surface area contributed by atoms with Gasteiger partial charge in [0.05, 0.1) is 6.20 Å². The van der Waals surface area contributed by atoms with Crippen LogP contribution in [0, 0.1) is 0 Å². The zero-order chi connectivity index (χ0) is 12.1. The first-order chi connectivity index (χ1) is 8.29. The minimum atomic E-state index is 0.432. The van der Waals surface area contributed by atoms with Gasteiger partial charge in [0.1, 0.15) is 5.82 Å². The molecule has 4 nitrogen and oxygen atoms in total. The van der Waals surface area contributed by atoms with Gasteiger partial charge >= 0.3 is 0 Å². The minimum absolute atomic E-state index is 0.432. The summed E-state index contributed by atoms with van der Waals surface area (Å²) < 4.78 is 2.39. The highest BCUT2D eigenvalue weighted by molar-refractivity contribution is 8.00. The number of nitrogens with zero attached hydrogens (tertiary/aromatic N) is 3. The van der Waals surface area contributed by atoms with Crippen LogP contribution >= 0.6 is 11.8 Å². The van der Waals surface area contributed by atoms with Gasteiger partial charge in [-0.05, 0) is 25.5 Å². The molecule has 1 aromatic heterocycles. The van der Waals surface area contributed by atoms with Gasteiger partial charge in [-0.2, -0.15) is 11.8 Å². The van der Waals surface area contributed by atoms with Gasteiger partial charge in [0, 0.05) is 17.8 Å². The lowest BCUT2D eigenvalue weighted by atomic mass is 10.1. The Morgan fingerprint density at radius 3 is 2.88 bits per heavy atom. The fourth-order valence-electron chi connectivity index (χ4n) is 2.50. The summed E-state index contributed by atoms with van der Waals surface area (Å²) in [5.74, 6) is 1.06. The second-order valence-electron chi connectivity index (χ2n) is 4.79. The maximum absolute atomic E-state index is 4.10. The summed E-state index contributed by atoms with van der Waals surface area (Å²) in [5, 5.41) is 11.6. The van der Waals surface area contributed by atoms with Gasteiger partial charge in [-0.25, -0.2) is 4.68 Å². The Balaban J connectivity index is 1.94. The second-order valence-corrected chi connectivity index (χ2v) is 6.06. The number of thioether (sulfide) groups is 1. The van der Waals surface area contributed by atoms with Gasteiger partial charge in [0.25, 0.3) is 0 Å². The normalized spacial score (nSPS) is 18.5. The van der Waals surface area contributed by atoms with Crippen molar-refractivity contribution in [3.05, 3.63) is 6.20 Å². The molecule has 0 bridgehead atoms. The van der Waals surface area contributed by atoms with Gasteiger partial charge in [0.15, 0.2) is 0 Å². The van der Waals surface area contributed by atoms with Crippen LogP contribution < -0.4 is 5.32 Å². The number of hydrogen-bond acceptors (Lipinski definition) is 4. The van der Waals surface area contributed by atoms with Crippen molar-refractivity contribution in [3.63, 3.8) is 0 Å². The second kappa shape index (κ2) is 5.76. The number of anilines is 1. The van der Waals surface area contributed by atoms with E-state index in [2.05, 4.69) is 28.8 Å². The molecule has 1 aromatic rings. The fraction of sp³-hybridized carbons (Fsp3) is 0.833. The monoisotopic (exact) mass is 254 g/mol. The lowest BCUT2D eigenvalue weighted by Gasteiger charge is -2.27. The third-order valence-electron chi connectivity index (χ3n) is 3.59. The summed E-state index contributed by atoms with van der Waals surface area (Å²) in [7, 11) is 0. The molecule has 0 unspecified atom stereocenters. The highest BCUT2D eigenvalue weighted by Crippen LogP contribution is 2.40. The minimum Gasteiger partial charge on any atom is -0.368 e. The molecule has 1 aliphatic rings. The summed E-state index contributed by atoms with van der Waals surface area (Å²) in [4.78, 5) is 0. The molecule has 17 heavy (non-hydrogen) atoms. The molecule has 0 amide bonds. The molecule has 0 saturated heterocycles. The molecule has 0 spiro atoms. The van der Waals surface area contributed by atoms with Gasteiger partial charge in [-0.3, -0.25) is 0 Å². The van der Waals surface area contributed by atoms with Crippen LogP contribution in [0.2, 0.25) is 0 Å². The van der Waals surface area contributed by atoms with E-state index in [1.54, 1.807) is 0 Å². The lowest BCUT2D eigenvalue weighted by molar-refractivity contribution is 0.576. The molecule has 2 rings (SSSR count). The topological polar surface area (TPSA) is 42.7 Å². The van der Waals surface area contributed by atoms with Crippen molar-refractivity contribution in [2.45, 2.75) is 50.3 Å². The summed E-state index contributed by atoms with van der Waals surface area (Å²) in [6.07, 6.45) is 10.6. The van der Waals surface area contributed by atoms with Crippen LogP contribution in [0.25, 0.3) is 0 Å². The van der Waals surface area contributed by atoms with Crippen molar-refractivity contribution in [2.75, 3.05) is 18.1 Å². The zero-order valence-electron chi connectivity index (χ0n) is 10.8. The summed E-state index contributed by atoms with van der Waals surface area (Å²) in [5.41, 5.74) is 0.